The molecule has 22 heavy (non-hydrogen) atoms. The number of hydrogen-bond donors (Lipinski definition) is 1. The summed E-state index contributed by atoms with van der Waals surface area (Å²) in [7, 11) is 0. The van der Waals surface area contributed by atoms with Crippen LogP contribution in [0.5, 0.6) is 0 Å². The zero-order valence-electron chi connectivity index (χ0n) is 12.0. The van der Waals surface area contributed by atoms with Gasteiger partial charge in [0, 0.05) is 48.7 Å². The fourth-order valence-electron chi connectivity index (χ4n) is 2.10. The molecular formula is C16H16N4OS. The van der Waals surface area contributed by atoms with Gasteiger partial charge in [0.05, 0.1) is 5.69 Å². The van der Waals surface area contributed by atoms with Gasteiger partial charge >= 0.3 is 0 Å². The second kappa shape index (κ2) is 7.00. The highest BCUT2D eigenvalue weighted by Crippen LogP contribution is 2.24. The first-order valence-corrected chi connectivity index (χ1v) is 7.96. The molecule has 0 bridgehead atoms. The number of hydrogen-bond acceptors (Lipinski definition) is 4. The number of carbonyl (C=O) groups is 1. The summed E-state index contributed by atoms with van der Waals surface area (Å²) < 4.78 is 2.07. The van der Waals surface area contributed by atoms with Crippen LogP contribution in [0.3, 0.4) is 0 Å². The lowest BCUT2D eigenvalue weighted by atomic mass is 10.2. The van der Waals surface area contributed by atoms with Crippen LogP contribution in [0.4, 0.5) is 5.13 Å². The number of amides is 1. The van der Waals surface area contributed by atoms with Crippen molar-refractivity contribution in [1.82, 2.24) is 14.5 Å². The van der Waals surface area contributed by atoms with Crippen molar-refractivity contribution in [2.24, 2.45) is 0 Å². The first-order chi connectivity index (χ1) is 10.8. The van der Waals surface area contributed by atoms with Gasteiger partial charge in [0.25, 0.3) is 0 Å². The third-order valence-electron chi connectivity index (χ3n) is 3.19. The quantitative estimate of drug-likeness (QED) is 0.758. The molecule has 3 rings (SSSR count). The van der Waals surface area contributed by atoms with Crippen molar-refractivity contribution in [3.05, 3.63) is 54.4 Å². The van der Waals surface area contributed by atoms with Crippen molar-refractivity contribution in [1.29, 1.82) is 0 Å². The van der Waals surface area contributed by atoms with Gasteiger partial charge in [-0.25, -0.2) is 4.98 Å². The molecule has 0 saturated carbocycles. The molecule has 0 unspecified atom stereocenters. The monoisotopic (exact) mass is 312 g/mol. The molecule has 6 heteroatoms. The molecule has 0 aliphatic rings. The third kappa shape index (κ3) is 3.79. The van der Waals surface area contributed by atoms with Crippen LogP contribution in [-0.2, 0) is 11.3 Å². The summed E-state index contributed by atoms with van der Waals surface area (Å²) in [6.45, 7) is 0.846. The Bertz CT molecular complexity index is 722. The molecule has 3 aromatic rings. The largest absolute Gasteiger partial charge is 0.354 e. The normalized spacial score (nSPS) is 10.5. The Morgan fingerprint density at radius 3 is 2.91 bits per heavy atom. The molecule has 0 atom stereocenters. The molecule has 0 aromatic carbocycles. The molecule has 1 amide bonds. The molecule has 0 saturated heterocycles. The van der Waals surface area contributed by atoms with E-state index in [1.807, 2.05) is 42.0 Å². The molecule has 0 fully saturated rings. The van der Waals surface area contributed by atoms with Crippen LogP contribution in [0.2, 0.25) is 0 Å². The predicted molar refractivity (Wildman–Crippen MR) is 87.6 cm³/mol. The van der Waals surface area contributed by atoms with Gasteiger partial charge in [0.1, 0.15) is 0 Å². The van der Waals surface area contributed by atoms with Crippen LogP contribution in [0.15, 0.2) is 54.4 Å². The fourth-order valence-corrected chi connectivity index (χ4v) is 2.84. The number of aromatic nitrogens is 3. The fraction of sp³-hybridized carbons (Fsp3) is 0.188. The molecule has 0 aliphatic carbocycles. The molecule has 0 spiro atoms. The van der Waals surface area contributed by atoms with E-state index in [1.165, 1.54) is 11.3 Å². The van der Waals surface area contributed by atoms with Crippen molar-refractivity contribution in [3.8, 4) is 11.3 Å². The molecule has 5 nitrogen and oxygen atoms in total. The number of aryl methyl sites for hydroxylation is 1. The maximum atomic E-state index is 11.9. The Hall–Kier alpha value is -2.47. The van der Waals surface area contributed by atoms with Crippen LogP contribution in [0, 0.1) is 0 Å². The van der Waals surface area contributed by atoms with Crippen LogP contribution in [-0.4, -0.2) is 20.4 Å². The lowest BCUT2D eigenvalue weighted by Gasteiger charge is -2.03. The van der Waals surface area contributed by atoms with Crippen LogP contribution >= 0.6 is 11.3 Å². The third-order valence-corrected chi connectivity index (χ3v) is 3.95. The average molecular weight is 312 g/mol. The highest BCUT2D eigenvalue weighted by atomic mass is 32.1. The van der Waals surface area contributed by atoms with Gasteiger partial charge in [0.2, 0.25) is 5.91 Å². The van der Waals surface area contributed by atoms with Crippen molar-refractivity contribution in [3.63, 3.8) is 0 Å². The average Bonchev–Trinajstić information content (AvgIpc) is 3.20. The Kier molecular flexibility index (Phi) is 4.60. The molecule has 1 N–H and O–H groups in total. The first-order valence-electron chi connectivity index (χ1n) is 7.08. The molecule has 3 aromatic heterocycles. The van der Waals surface area contributed by atoms with Crippen molar-refractivity contribution in [2.75, 3.05) is 5.32 Å². The lowest BCUT2D eigenvalue weighted by molar-refractivity contribution is -0.116. The highest BCUT2D eigenvalue weighted by molar-refractivity contribution is 7.14. The van der Waals surface area contributed by atoms with Crippen LogP contribution in [0.25, 0.3) is 11.3 Å². The number of pyridine rings is 1. The Morgan fingerprint density at radius 1 is 1.27 bits per heavy atom. The van der Waals surface area contributed by atoms with E-state index in [0.29, 0.717) is 11.6 Å². The molecule has 0 aliphatic heterocycles. The minimum Gasteiger partial charge on any atom is -0.354 e. The Balaban J connectivity index is 1.50. The number of carbonyl (C=O) groups excluding carboxylic acids is 1. The van der Waals surface area contributed by atoms with Crippen LogP contribution in [0.1, 0.15) is 12.8 Å². The number of thiazole rings is 1. The maximum Gasteiger partial charge on any atom is 0.226 e. The number of rotatable bonds is 6. The second-order valence-electron chi connectivity index (χ2n) is 4.85. The lowest BCUT2D eigenvalue weighted by Crippen LogP contribution is -2.12. The van der Waals surface area contributed by atoms with E-state index in [2.05, 4.69) is 19.9 Å². The van der Waals surface area contributed by atoms with E-state index in [-0.39, 0.29) is 5.91 Å². The first kappa shape index (κ1) is 14.5. The molecule has 0 radical (unpaired) electrons. The zero-order valence-corrected chi connectivity index (χ0v) is 12.8. The maximum absolute atomic E-state index is 11.9. The van der Waals surface area contributed by atoms with Crippen molar-refractivity contribution >= 4 is 22.4 Å². The highest BCUT2D eigenvalue weighted by Gasteiger charge is 2.08. The standard InChI is InChI=1S/C16H16N4OS/c21-15(6-4-10-20-8-1-2-9-20)19-16-18-14(12-22-16)13-5-3-7-17-11-13/h1-3,5,7-9,11-12H,4,6,10H2,(H,18,19,21). The van der Waals surface area contributed by atoms with Gasteiger partial charge < -0.3 is 9.88 Å². The molecule has 112 valence electrons. The minimum atomic E-state index is -0.000701. The van der Waals surface area contributed by atoms with E-state index < -0.39 is 0 Å². The summed E-state index contributed by atoms with van der Waals surface area (Å²) in [5, 5.41) is 5.40. The molecule has 3 heterocycles. The summed E-state index contributed by atoms with van der Waals surface area (Å²) in [5.41, 5.74) is 1.78. The minimum absolute atomic E-state index is 0.000701. The SMILES string of the molecule is O=C(CCCn1cccc1)Nc1nc(-c2cccnc2)cs1. The van der Waals surface area contributed by atoms with Gasteiger partial charge in [-0.1, -0.05) is 0 Å². The summed E-state index contributed by atoms with van der Waals surface area (Å²) in [4.78, 5) is 20.4. The van der Waals surface area contributed by atoms with E-state index >= 15 is 0 Å². The smallest absolute Gasteiger partial charge is 0.226 e. The summed E-state index contributed by atoms with van der Waals surface area (Å²) in [6.07, 6.45) is 8.78. The van der Waals surface area contributed by atoms with E-state index in [4.69, 9.17) is 0 Å². The van der Waals surface area contributed by atoms with E-state index in [1.54, 1.807) is 12.4 Å². The Morgan fingerprint density at radius 2 is 2.14 bits per heavy atom. The predicted octanol–water partition coefficient (Wildman–Crippen LogP) is 3.43. The second-order valence-corrected chi connectivity index (χ2v) is 5.71. The zero-order chi connectivity index (χ0) is 15.2. The van der Waals surface area contributed by atoms with E-state index in [0.717, 1.165) is 24.2 Å². The molecular weight excluding hydrogens is 296 g/mol. The summed E-state index contributed by atoms with van der Waals surface area (Å²) in [5.74, 6) is -0.000701. The van der Waals surface area contributed by atoms with Crippen LogP contribution < -0.4 is 5.32 Å². The topological polar surface area (TPSA) is 59.8 Å². The van der Waals surface area contributed by atoms with Gasteiger partial charge in [-0.15, -0.1) is 11.3 Å². The van der Waals surface area contributed by atoms with E-state index in [9.17, 15) is 4.79 Å². The summed E-state index contributed by atoms with van der Waals surface area (Å²) >= 11 is 1.43. The van der Waals surface area contributed by atoms with Gasteiger partial charge in [-0.05, 0) is 30.7 Å². The van der Waals surface area contributed by atoms with Gasteiger partial charge in [-0.2, -0.15) is 0 Å². The Labute approximate surface area is 132 Å². The number of nitrogens with zero attached hydrogens (tertiary/aromatic N) is 3. The van der Waals surface area contributed by atoms with Gasteiger partial charge in [0.15, 0.2) is 5.13 Å². The number of anilines is 1. The number of nitrogens with one attached hydrogen (secondary N) is 1. The van der Waals surface area contributed by atoms with Gasteiger partial charge in [-0.3, -0.25) is 9.78 Å². The summed E-state index contributed by atoms with van der Waals surface area (Å²) in [6, 6.07) is 7.78. The van der Waals surface area contributed by atoms with Crippen molar-refractivity contribution in [2.45, 2.75) is 19.4 Å². The van der Waals surface area contributed by atoms with Crippen molar-refractivity contribution < 1.29 is 4.79 Å².